The molecule has 0 aliphatic rings. The summed E-state index contributed by atoms with van der Waals surface area (Å²) in [4.78, 5) is 20.8. The van der Waals surface area contributed by atoms with Crippen LogP contribution in [0.4, 0.5) is 0 Å². The van der Waals surface area contributed by atoms with Crippen molar-refractivity contribution < 1.29 is 31.4 Å². The van der Waals surface area contributed by atoms with Crippen LogP contribution in [0.3, 0.4) is 0 Å². The normalized spacial score (nSPS) is 11.9. The fraction of sp³-hybridized carbons (Fsp3) is 0.400. The van der Waals surface area contributed by atoms with Crippen molar-refractivity contribution >= 4 is 27.3 Å². The molecular formula is C55H68IrN2O2-2. The molecule has 60 heavy (non-hydrogen) atoms. The molecule has 0 unspecified atom stereocenters. The van der Waals surface area contributed by atoms with E-state index in [2.05, 4.69) is 144 Å². The molecule has 6 aromatic rings. The number of benzene rings is 4. The molecule has 0 saturated carbocycles. The van der Waals surface area contributed by atoms with E-state index in [-0.39, 0.29) is 43.5 Å². The third kappa shape index (κ3) is 14.1. The summed E-state index contributed by atoms with van der Waals surface area (Å²) in [7, 11) is 0. The molecule has 0 atom stereocenters. The third-order valence-corrected chi connectivity index (χ3v) is 10.8. The van der Waals surface area contributed by atoms with E-state index in [4.69, 9.17) is 1.37 Å². The van der Waals surface area contributed by atoms with E-state index in [0.717, 1.165) is 76.5 Å². The van der Waals surface area contributed by atoms with Crippen molar-refractivity contribution in [1.82, 2.24) is 9.97 Å². The minimum atomic E-state index is 0. The number of aliphatic hydroxyl groups excluding tert-OH is 1. The molecule has 0 aliphatic carbocycles. The Kier molecular flexibility index (Phi) is 18.5. The van der Waals surface area contributed by atoms with Crippen LogP contribution in [0.15, 0.2) is 97.0 Å². The second kappa shape index (κ2) is 23.0. The largest absolute Gasteiger partial charge is 0.512 e. The summed E-state index contributed by atoms with van der Waals surface area (Å²) in [6.07, 6.45) is 8.19. The van der Waals surface area contributed by atoms with Gasteiger partial charge in [-0.05, 0) is 99.6 Å². The maximum absolute atomic E-state index is 11.7. The molecule has 4 aromatic carbocycles. The van der Waals surface area contributed by atoms with Gasteiger partial charge in [-0.25, -0.2) is 0 Å². The first-order valence-corrected chi connectivity index (χ1v) is 21.6. The number of ketones is 1. The molecule has 321 valence electrons. The van der Waals surface area contributed by atoms with Gasteiger partial charge in [-0.15, -0.1) is 69.8 Å². The van der Waals surface area contributed by atoms with Gasteiger partial charge in [-0.1, -0.05) is 126 Å². The van der Waals surface area contributed by atoms with Gasteiger partial charge in [-0.2, -0.15) is 0 Å². The van der Waals surface area contributed by atoms with Crippen LogP contribution in [0, 0.1) is 57.1 Å². The van der Waals surface area contributed by atoms with Crippen molar-refractivity contribution in [2.45, 2.75) is 128 Å². The van der Waals surface area contributed by atoms with Gasteiger partial charge in [0.1, 0.15) is 0 Å². The third-order valence-electron chi connectivity index (χ3n) is 10.8. The molecule has 2 heterocycles. The average Bonchev–Trinajstić information content (AvgIpc) is 3.17. The summed E-state index contributed by atoms with van der Waals surface area (Å²) in [6.45, 7) is 27.6. The maximum Gasteiger partial charge on any atom is 0.162 e. The molecule has 0 aliphatic heterocycles. The van der Waals surface area contributed by atoms with E-state index >= 15 is 0 Å². The smallest absolute Gasteiger partial charge is 0.162 e. The molecule has 6 rings (SSSR count). The monoisotopic (exact) mass is 982 g/mol. The number of fused-ring (bicyclic) bond motifs is 2. The summed E-state index contributed by atoms with van der Waals surface area (Å²) >= 11 is 0. The Morgan fingerprint density at radius 2 is 1.23 bits per heavy atom. The molecule has 0 spiro atoms. The Morgan fingerprint density at radius 3 is 1.73 bits per heavy atom. The topological polar surface area (TPSA) is 63.1 Å². The first-order valence-electron chi connectivity index (χ1n) is 22.1. The predicted molar refractivity (Wildman–Crippen MR) is 252 cm³/mol. The Morgan fingerprint density at radius 1 is 0.717 bits per heavy atom. The number of nitrogens with zero attached hydrogens (tertiary/aromatic N) is 2. The molecule has 0 saturated heterocycles. The van der Waals surface area contributed by atoms with E-state index in [1.165, 1.54) is 39.1 Å². The van der Waals surface area contributed by atoms with Gasteiger partial charge >= 0.3 is 0 Å². The van der Waals surface area contributed by atoms with Crippen LogP contribution in [0.2, 0.25) is 0 Å². The molecule has 1 N–H and O–H groups in total. The van der Waals surface area contributed by atoms with Crippen LogP contribution in [0.1, 0.15) is 129 Å². The Labute approximate surface area is 377 Å². The molecule has 0 amide bonds. The van der Waals surface area contributed by atoms with Gasteiger partial charge in [0.15, 0.2) is 5.78 Å². The Balaban J connectivity index is 0.000000248. The van der Waals surface area contributed by atoms with Crippen molar-refractivity contribution in [3.63, 3.8) is 0 Å². The van der Waals surface area contributed by atoms with Gasteiger partial charge in [0.25, 0.3) is 0 Å². The Bertz CT molecular complexity index is 2380. The number of aliphatic hydroxyl groups is 1. The second-order valence-electron chi connectivity index (χ2n) is 17.7. The standard InChI is InChI=1S/C22H24N.C20H20N.C13H24O2.Ir/c1-15-10-16(2)12-19(11-15)21-20-7-6-17(14-22(3,4)5)13-18(20)8-9-23-21;1-13(2)16-5-6-19-17(12-16)7-8-21-20(19)18-10-14(3)9-15(4)11-18;1-5-10(6-2)12(14)9-13(15)11(7-3)8-4;/h6-11,13H,14H2,1-5H3;5-10,12-13H,1-4H3;9-11,14H,5-8H2,1-4H3;/q2*-1;;/b;;12-9-;/i;8D;;. The second-order valence-corrected chi connectivity index (χ2v) is 17.7. The number of carbonyl (C=O) groups is 1. The molecular weight excluding hydrogens is 913 g/mol. The Hall–Kier alpha value is -4.44. The predicted octanol–water partition coefficient (Wildman–Crippen LogP) is 15.2. The van der Waals surface area contributed by atoms with E-state index in [0.29, 0.717) is 17.5 Å². The van der Waals surface area contributed by atoms with E-state index in [1.807, 2.05) is 46.9 Å². The van der Waals surface area contributed by atoms with E-state index < -0.39 is 0 Å². The SMILES string of the molecule is CCC(CC)C(=O)/C=C(\O)C(CC)CC.Cc1[c-]c(-c2nccc3cc(CC(C)(C)C)ccc23)cc(C)c1.[2H]c1cc2cc(C(C)C)ccc2c(-c2[c-]c(C)cc(C)c2)n1.[Ir]. The van der Waals surface area contributed by atoms with Crippen molar-refractivity contribution in [2.75, 3.05) is 0 Å². The number of aryl methyl sites for hydroxylation is 4. The summed E-state index contributed by atoms with van der Waals surface area (Å²) in [5.74, 6) is 1.02. The molecule has 1 radical (unpaired) electrons. The van der Waals surface area contributed by atoms with Crippen LogP contribution < -0.4 is 0 Å². The van der Waals surface area contributed by atoms with Crippen LogP contribution in [0.5, 0.6) is 0 Å². The van der Waals surface area contributed by atoms with Crippen molar-refractivity contribution in [1.29, 1.82) is 0 Å². The van der Waals surface area contributed by atoms with E-state index in [9.17, 15) is 9.90 Å². The van der Waals surface area contributed by atoms with Gasteiger partial charge in [-0.3, -0.25) is 4.79 Å². The maximum atomic E-state index is 11.7. The number of rotatable bonds is 11. The average molecular weight is 982 g/mol. The molecule has 4 nitrogen and oxygen atoms in total. The summed E-state index contributed by atoms with van der Waals surface area (Å²) in [5, 5.41) is 14.4. The molecule has 0 bridgehead atoms. The summed E-state index contributed by atoms with van der Waals surface area (Å²) < 4.78 is 8.03. The van der Waals surface area contributed by atoms with Gasteiger partial charge in [0.05, 0.1) is 7.13 Å². The quantitative estimate of drug-likeness (QED) is 0.0798. The van der Waals surface area contributed by atoms with Crippen LogP contribution >= 0.6 is 0 Å². The summed E-state index contributed by atoms with van der Waals surface area (Å²) in [5.41, 5.74) is 11.6. The minimum Gasteiger partial charge on any atom is -0.512 e. The molecule has 0 fully saturated rings. The van der Waals surface area contributed by atoms with Crippen LogP contribution in [-0.4, -0.2) is 20.9 Å². The molecule has 2 aromatic heterocycles. The first-order chi connectivity index (χ1) is 28.4. The number of pyridine rings is 2. The minimum absolute atomic E-state index is 0. The van der Waals surface area contributed by atoms with Gasteiger partial charge in [0, 0.05) is 50.4 Å². The zero-order valence-corrected chi connectivity index (χ0v) is 40.8. The van der Waals surface area contributed by atoms with E-state index in [1.54, 1.807) is 0 Å². The fourth-order valence-electron chi connectivity index (χ4n) is 7.70. The van der Waals surface area contributed by atoms with Crippen molar-refractivity contribution in [3.8, 4) is 22.5 Å². The number of hydrogen-bond acceptors (Lipinski definition) is 4. The molecule has 5 heteroatoms. The van der Waals surface area contributed by atoms with Gasteiger partial charge in [0.2, 0.25) is 0 Å². The fourth-order valence-corrected chi connectivity index (χ4v) is 7.70. The number of aromatic nitrogens is 2. The first kappa shape index (κ1) is 48.2. The zero-order valence-electron chi connectivity index (χ0n) is 39.4. The number of hydrogen-bond donors (Lipinski definition) is 1. The van der Waals surface area contributed by atoms with Crippen molar-refractivity contribution in [2.24, 2.45) is 17.3 Å². The van der Waals surface area contributed by atoms with Gasteiger partial charge < -0.3 is 15.1 Å². The zero-order chi connectivity index (χ0) is 44.3. The number of allylic oxidation sites excluding steroid dienone is 2. The van der Waals surface area contributed by atoms with Crippen LogP contribution in [-0.2, 0) is 31.3 Å². The number of carbonyl (C=O) groups excluding carboxylic acids is 1. The van der Waals surface area contributed by atoms with Crippen LogP contribution in [0.25, 0.3) is 44.1 Å². The summed E-state index contributed by atoms with van der Waals surface area (Å²) in [6, 6.07) is 32.5. The van der Waals surface area contributed by atoms with Crippen molar-refractivity contribution in [3.05, 3.63) is 143 Å².